The normalized spacial score (nSPS) is 40.0. The Labute approximate surface area is 370 Å². The SMILES string of the molecule is CC1OC(OC2C(C)OC(OC3C(O)C(OC4(COC(=O)C=Cc5ccc(O)cc5)OC(CO)C(O)C4O)OC(CO)C3OC(=O)C=Cc3ccc(O)cc3)C(O)C2O)C(O)C(O)C1O. The van der Waals surface area contributed by atoms with E-state index in [4.69, 9.17) is 42.6 Å². The van der Waals surface area contributed by atoms with E-state index in [-0.39, 0.29) is 11.5 Å². The summed E-state index contributed by atoms with van der Waals surface area (Å²) in [7, 11) is 0. The molecule has 2 aromatic carbocycles. The quantitative estimate of drug-likeness (QED) is 0.0603. The first-order valence-electron chi connectivity index (χ1n) is 20.5. The first-order chi connectivity index (χ1) is 30.9. The number of rotatable bonds is 15. The van der Waals surface area contributed by atoms with Crippen molar-refractivity contribution < 1.29 is 113 Å². The maximum absolute atomic E-state index is 13.3. The molecule has 2 aromatic rings. The van der Waals surface area contributed by atoms with E-state index in [0.29, 0.717) is 11.1 Å². The minimum absolute atomic E-state index is 0.0252. The highest BCUT2D eigenvalue weighted by molar-refractivity contribution is 5.87. The van der Waals surface area contributed by atoms with Gasteiger partial charge in [-0.05, 0) is 61.4 Å². The van der Waals surface area contributed by atoms with Crippen molar-refractivity contribution in [2.24, 2.45) is 0 Å². The van der Waals surface area contributed by atoms with Gasteiger partial charge in [-0.25, -0.2) is 9.59 Å². The van der Waals surface area contributed by atoms with Crippen LogP contribution in [0.25, 0.3) is 12.2 Å². The number of ether oxygens (including phenoxy) is 9. The van der Waals surface area contributed by atoms with Gasteiger partial charge in [0, 0.05) is 12.2 Å². The second-order valence-corrected chi connectivity index (χ2v) is 15.9. The number of phenols is 2. The number of hydrogen-bond donors (Lipinski definition) is 12. The molecule has 19 unspecified atom stereocenters. The summed E-state index contributed by atoms with van der Waals surface area (Å²) in [6.07, 6.45) is -26.9. The minimum atomic E-state index is -2.62. The Bertz CT molecular complexity index is 1930. The van der Waals surface area contributed by atoms with E-state index >= 15 is 0 Å². The van der Waals surface area contributed by atoms with Crippen molar-refractivity contribution >= 4 is 24.1 Å². The predicted molar refractivity (Wildman–Crippen MR) is 213 cm³/mol. The number of aliphatic hydroxyl groups excluding tert-OH is 10. The fourth-order valence-electron chi connectivity index (χ4n) is 7.52. The molecule has 23 nitrogen and oxygen atoms in total. The van der Waals surface area contributed by atoms with Gasteiger partial charge in [-0.3, -0.25) is 0 Å². The van der Waals surface area contributed by atoms with Crippen LogP contribution in [-0.2, 0) is 52.2 Å². The third-order valence-corrected chi connectivity index (χ3v) is 11.2. The van der Waals surface area contributed by atoms with Crippen LogP contribution < -0.4 is 0 Å². The zero-order valence-corrected chi connectivity index (χ0v) is 34.8. The van der Waals surface area contributed by atoms with Crippen LogP contribution in [0, 0.1) is 0 Å². The van der Waals surface area contributed by atoms with Crippen molar-refractivity contribution in [3.8, 4) is 11.5 Å². The molecule has 360 valence electrons. The molecule has 0 aliphatic carbocycles. The molecular formula is C42H54O23. The Hall–Kier alpha value is -4.22. The molecule has 65 heavy (non-hydrogen) atoms. The maximum atomic E-state index is 13.3. The molecule has 6 rings (SSSR count). The van der Waals surface area contributed by atoms with Crippen LogP contribution >= 0.6 is 0 Å². The monoisotopic (exact) mass is 926 g/mol. The van der Waals surface area contributed by atoms with E-state index in [1.165, 1.54) is 74.5 Å². The third kappa shape index (κ3) is 11.5. The number of carbonyl (C=O) groups excluding carboxylic acids is 2. The molecule has 23 heteroatoms. The van der Waals surface area contributed by atoms with Gasteiger partial charge in [0.1, 0.15) is 91.4 Å². The number of esters is 2. The molecule has 12 N–H and O–H groups in total. The van der Waals surface area contributed by atoms with Gasteiger partial charge in [-0.1, -0.05) is 24.3 Å². The number of hydrogen-bond acceptors (Lipinski definition) is 23. The topological polar surface area (TPSA) is 360 Å². The second kappa shape index (κ2) is 21.6. The highest BCUT2D eigenvalue weighted by Gasteiger charge is 2.61. The van der Waals surface area contributed by atoms with Crippen molar-refractivity contribution in [1.29, 1.82) is 0 Å². The number of benzene rings is 2. The van der Waals surface area contributed by atoms with Gasteiger partial charge in [-0.15, -0.1) is 0 Å². The highest BCUT2D eigenvalue weighted by atomic mass is 16.8. The predicted octanol–water partition coefficient (Wildman–Crippen LogP) is -3.75. The van der Waals surface area contributed by atoms with Gasteiger partial charge < -0.3 is 104 Å². The average Bonchev–Trinajstić information content (AvgIpc) is 3.53. The smallest absolute Gasteiger partial charge is 0.331 e. The lowest BCUT2D eigenvalue weighted by Crippen LogP contribution is -2.67. The summed E-state index contributed by atoms with van der Waals surface area (Å²) in [5.74, 6) is -4.81. The highest BCUT2D eigenvalue weighted by Crippen LogP contribution is 2.39. The van der Waals surface area contributed by atoms with Crippen molar-refractivity contribution in [1.82, 2.24) is 0 Å². The lowest BCUT2D eigenvalue weighted by Gasteiger charge is -2.49. The van der Waals surface area contributed by atoms with E-state index in [9.17, 15) is 70.9 Å². The molecule has 4 fully saturated rings. The summed E-state index contributed by atoms with van der Waals surface area (Å²) >= 11 is 0. The number of aliphatic hydroxyl groups is 10. The van der Waals surface area contributed by atoms with Crippen molar-refractivity contribution in [3.05, 3.63) is 71.8 Å². The minimum Gasteiger partial charge on any atom is -0.508 e. The van der Waals surface area contributed by atoms with Crippen molar-refractivity contribution in [2.45, 2.75) is 130 Å². The number of phenolic OH excluding ortho intramolecular Hbond substituents is 2. The fraction of sp³-hybridized carbons (Fsp3) is 0.571. The van der Waals surface area contributed by atoms with E-state index in [0.717, 1.165) is 12.2 Å². The maximum Gasteiger partial charge on any atom is 0.331 e. The molecule has 4 heterocycles. The van der Waals surface area contributed by atoms with Crippen LogP contribution in [0.4, 0.5) is 0 Å². The van der Waals surface area contributed by atoms with Gasteiger partial charge in [0.25, 0.3) is 0 Å². The first-order valence-corrected chi connectivity index (χ1v) is 20.5. The summed E-state index contributed by atoms with van der Waals surface area (Å²) in [6, 6.07) is 11.4. The molecule has 0 radical (unpaired) electrons. The van der Waals surface area contributed by atoms with Crippen LogP contribution in [0.15, 0.2) is 60.7 Å². The molecule has 0 bridgehead atoms. The number of carbonyl (C=O) groups is 2. The van der Waals surface area contributed by atoms with Crippen LogP contribution in [0.2, 0.25) is 0 Å². The van der Waals surface area contributed by atoms with Gasteiger partial charge in [-0.2, -0.15) is 0 Å². The average molecular weight is 927 g/mol. The Morgan fingerprint density at radius 1 is 0.585 bits per heavy atom. The van der Waals surface area contributed by atoms with Crippen LogP contribution in [0.1, 0.15) is 25.0 Å². The van der Waals surface area contributed by atoms with E-state index in [1.54, 1.807) is 0 Å². The van der Waals surface area contributed by atoms with Gasteiger partial charge >= 0.3 is 11.9 Å². The molecule has 0 aromatic heterocycles. The summed E-state index contributed by atoms with van der Waals surface area (Å²) in [5, 5.41) is 127. The zero-order valence-electron chi connectivity index (χ0n) is 34.8. The molecule has 4 aliphatic heterocycles. The standard InChI is InChI=1S/C42H54O23/c1-18-28(49)30(51)32(53)39(58-18)62-35-19(2)59-40(33(54)31(35)52)63-37-34(55)41(60-25(16-44)36(37)61-27(48)14-8-21-5-11-23(46)12-6-21)65-42(38(56)29(50)24(15-43)64-42)17-57-26(47)13-7-20-3-9-22(45)10-4-20/h3-14,18-19,24-25,28-41,43-46,49-56H,15-17H2,1-2H3. The largest absolute Gasteiger partial charge is 0.508 e. The Morgan fingerprint density at radius 2 is 1.11 bits per heavy atom. The van der Waals surface area contributed by atoms with Gasteiger partial charge in [0.2, 0.25) is 5.79 Å². The Morgan fingerprint density at radius 3 is 1.66 bits per heavy atom. The fourth-order valence-corrected chi connectivity index (χ4v) is 7.52. The third-order valence-electron chi connectivity index (χ3n) is 11.2. The second-order valence-electron chi connectivity index (χ2n) is 15.9. The molecule has 0 spiro atoms. The first kappa shape index (κ1) is 50.2. The van der Waals surface area contributed by atoms with Crippen molar-refractivity contribution in [3.63, 3.8) is 0 Å². The van der Waals surface area contributed by atoms with Crippen molar-refractivity contribution in [2.75, 3.05) is 19.8 Å². The molecule has 4 aliphatic rings. The molecule has 0 amide bonds. The van der Waals surface area contributed by atoms with E-state index in [2.05, 4.69) is 0 Å². The molecule has 0 saturated carbocycles. The lowest BCUT2D eigenvalue weighted by atomic mass is 9.96. The summed E-state index contributed by atoms with van der Waals surface area (Å²) in [5.41, 5.74) is 0.929. The van der Waals surface area contributed by atoms with Gasteiger partial charge in [0.05, 0.1) is 25.4 Å². The van der Waals surface area contributed by atoms with Crippen LogP contribution in [-0.4, -0.2) is 209 Å². The number of aromatic hydroxyl groups is 2. The molecule has 19 atom stereocenters. The molecule has 4 saturated heterocycles. The Balaban J connectivity index is 1.25. The van der Waals surface area contributed by atoms with Gasteiger partial charge in [0.15, 0.2) is 25.0 Å². The zero-order chi connectivity index (χ0) is 47.3. The van der Waals surface area contributed by atoms with Crippen LogP contribution in [0.3, 0.4) is 0 Å². The summed E-state index contributed by atoms with van der Waals surface area (Å²) in [6.45, 7) is -0.142. The summed E-state index contributed by atoms with van der Waals surface area (Å²) < 4.78 is 51.5. The Kier molecular flexibility index (Phi) is 16.7. The molecular weight excluding hydrogens is 872 g/mol. The van der Waals surface area contributed by atoms with E-state index in [1.807, 2.05) is 0 Å². The lowest BCUT2D eigenvalue weighted by molar-refractivity contribution is -0.402. The summed E-state index contributed by atoms with van der Waals surface area (Å²) in [4.78, 5) is 26.1. The van der Waals surface area contributed by atoms with Crippen LogP contribution in [0.5, 0.6) is 11.5 Å². The van der Waals surface area contributed by atoms with E-state index < -0.39 is 148 Å².